The summed E-state index contributed by atoms with van der Waals surface area (Å²) in [6.45, 7) is 7.14. The molecule has 0 aliphatic carbocycles. The summed E-state index contributed by atoms with van der Waals surface area (Å²) in [5.41, 5.74) is 1.70. The van der Waals surface area contributed by atoms with E-state index in [2.05, 4.69) is 6.08 Å². The molecular weight excluding hydrogens is 306 g/mol. The second kappa shape index (κ2) is 7.16. The van der Waals surface area contributed by atoms with Gasteiger partial charge in [0.05, 0.1) is 26.9 Å². The Morgan fingerprint density at radius 3 is 2.00 bits per heavy atom. The first kappa shape index (κ1) is 18.2. The van der Waals surface area contributed by atoms with Crippen molar-refractivity contribution in [3.05, 3.63) is 23.8 Å². The first-order valence-electron chi connectivity index (χ1n) is 8.10. The summed E-state index contributed by atoms with van der Waals surface area (Å²) in [7, 11) is 4.89. The zero-order valence-corrected chi connectivity index (χ0v) is 15.4. The molecule has 0 bridgehead atoms. The van der Waals surface area contributed by atoms with Crippen molar-refractivity contribution in [3.63, 3.8) is 0 Å². The molecule has 132 valence electrons. The third-order valence-electron chi connectivity index (χ3n) is 4.17. The van der Waals surface area contributed by atoms with Gasteiger partial charge in [-0.2, -0.15) is 0 Å². The molecule has 0 aromatic heterocycles. The lowest BCUT2D eigenvalue weighted by atomic mass is 9.92. The van der Waals surface area contributed by atoms with E-state index in [1.54, 1.807) is 21.3 Å². The molecule has 2 rings (SSSR count). The Labute approximate surface area is 144 Å². The van der Waals surface area contributed by atoms with Crippen LogP contribution in [0.25, 0.3) is 5.57 Å². The number of hydrogen-bond donors (Lipinski definition) is 0. The van der Waals surface area contributed by atoms with E-state index in [0.717, 1.165) is 17.6 Å². The van der Waals surface area contributed by atoms with Gasteiger partial charge in [0.1, 0.15) is 17.2 Å². The van der Waals surface area contributed by atoms with Gasteiger partial charge in [-0.05, 0) is 12.0 Å². The Balaban J connectivity index is 2.33. The monoisotopic (exact) mass is 333 g/mol. The van der Waals surface area contributed by atoms with Gasteiger partial charge in [0.15, 0.2) is 0 Å². The summed E-state index contributed by atoms with van der Waals surface area (Å²) < 4.78 is 16.4. The molecule has 24 heavy (non-hydrogen) atoms. The largest absolute Gasteiger partial charge is 0.496 e. The van der Waals surface area contributed by atoms with Crippen LogP contribution >= 0.6 is 0 Å². The SMILES string of the molecule is COc1cc(OC)c(C2=CCN(C(=O)C(C)(C)C)CC2)c(OC)c1. The summed E-state index contributed by atoms with van der Waals surface area (Å²) in [5, 5.41) is 0. The molecule has 1 aromatic rings. The fourth-order valence-corrected chi connectivity index (χ4v) is 2.88. The van der Waals surface area contributed by atoms with Crippen molar-refractivity contribution in [2.24, 2.45) is 5.41 Å². The van der Waals surface area contributed by atoms with E-state index in [9.17, 15) is 4.79 Å². The van der Waals surface area contributed by atoms with Crippen molar-refractivity contribution in [1.29, 1.82) is 0 Å². The standard InChI is InChI=1S/C19H27NO4/c1-19(2,3)18(21)20-9-7-13(8-10-20)17-15(23-5)11-14(22-4)12-16(17)24-6/h7,11-12H,8-10H2,1-6H3. The summed E-state index contributed by atoms with van der Waals surface area (Å²) in [4.78, 5) is 14.3. The molecule has 0 saturated carbocycles. The van der Waals surface area contributed by atoms with E-state index < -0.39 is 0 Å². The molecule has 5 heteroatoms. The van der Waals surface area contributed by atoms with Crippen LogP contribution in [-0.2, 0) is 4.79 Å². The Bertz CT molecular complexity index is 618. The maximum atomic E-state index is 12.4. The Morgan fingerprint density at radius 2 is 1.62 bits per heavy atom. The van der Waals surface area contributed by atoms with Gasteiger partial charge in [0, 0.05) is 30.6 Å². The smallest absolute Gasteiger partial charge is 0.228 e. The van der Waals surface area contributed by atoms with E-state index in [1.165, 1.54) is 0 Å². The van der Waals surface area contributed by atoms with Crippen molar-refractivity contribution in [3.8, 4) is 17.2 Å². The summed E-state index contributed by atoms with van der Waals surface area (Å²) >= 11 is 0. The lowest BCUT2D eigenvalue weighted by Crippen LogP contribution is -2.41. The van der Waals surface area contributed by atoms with Gasteiger partial charge in [-0.25, -0.2) is 0 Å². The molecule has 0 radical (unpaired) electrons. The fourth-order valence-electron chi connectivity index (χ4n) is 2.88. The normalized spacial score (nSPS) is 14.9. The minimum Gasteiger partial charge on any atom is -0.496 e. The zero-order chi connectivity index (χ0) is 17.9. The maximum absolute atomic E-state index is 12.4. The van der Waals surface area contributed by atoms with Crippen molar-refractivity contribution in [2.45, 2.75) is 27.2 Å². The minimum absolute atomic E-state index is 0.173. The number of methoxy groups -OCH3 is 3. The molecule has 0 atom stereocenters. The zero-order valence-electron chi connectivity index (χ0n) is 15.4. The van der Waals surface area contributed by atoms with Crippen molar-refractivity contribution >= 4 is 11.5 Å². The Kier molecular flexibility index (Phi) is 5.42. The number of nitrogens with zero attached hydrogens (tertiary/aromatic N) is 1. The highest BCUT2D eigenvalue weighted by Gasteiger charge is 2.29. The molecule has 0 fully saturated rings. The summed E-state index contributed by atoms with van der Waals surface area (Å²) in [6.07, 6.45) is 2.85. The highest BCUT2D eigenvalue weighted by atomic mass is 16.5. The van der Waals surface area contributed by atoms with Gasteiger partial charge >= 0.3 is 0 Å². The average Bonchev–Trinajstić information content (AvgIpc) is 2.59. The fraction of sp³-hybridized carbons (Fsp3) is 0.526. The van der Waals surface area contributed by atoms with Crippen LogP contribution in [0.2, 0.25) is 0 Å². The van der Waals surface area contributed by atoms with Gasteiger partial charge in [-0.3, -0.25) is 4.79 Å². The second-order valence-electron chi connectivity index (χ2n) is 6.89. The van der Waals surface area contributed by atoms with Crippen molar-refractivity contribution < 1.29 is 19.0 Å². The summed E-state index contributed by atoms with van der Waals surface area (Å²) in [6, 6.07) is 3.71. The van der Waals surface area contributed by atoms with Crippen LogP contribution in [0.15, 0.2) is 18.2 Å². The van der Waals surface area contributed by atoms with Crippen molar-refractivity contribution in [1.82, 2.24) is 4.90 Å². The first-order chi connectivity index (χ1) is 11.3. The maximum Gasteiger partial charge on any atom is 0.228 e. The van der Waals surface area contributed by atoms with E-state index >= 15 is 0 Å². The number of hydrogen-bond acceptors (Lipinski definition) is 4. The predicted molar refractivity (Wildman–Crippen MR) is 94.7 cm³/mol. The van der Waals surface area contributed by atoms with Crippen molar-refractivity contribution in [2.75, 3.05) is 34.4 Å². The molecule has 0 spiro atoms. The van der Waals surface area contributed by atoms with Gasteiger partial charge in [-0.15, -0.1) is 0 Å². The predicted octanol–water partition coefficient (Wildman–Crippen LogP) is 3.37. The van der Waals surface area contributed by atoms with E-state index in [4.69, 9.17) is 14.2 Å². The van der Waals surface area contributed by atoms with Gasteiger partial charge in [0.25, 0.3) is 0 Å². The Morgan fingerprint density at radius 1 is 1.04 bits per heavy atom. The van der Waals surface area contributed by atoms with Gasteiger partial charge in [0.2, 0.25) is 5.91 Å². The number of benzene rings is 1. The summed E-state index contributed by atoms with van der Waals surface area (Å²) in [5.74, 6) is 2.29. The molecular formula is C19H27NO4. The quantitative estimate of drug-likeness (QED) is 0.847. The molecule has 5 nitrogen and oxygen atoms in total. The molecule has 1 amide bonds. The molecule has 0 unspecified atom stereocenters. The number of rotatable bonds is 4. The van der Waals surface area contributed by atoms with Crippen LogP contribution in [-0.4, -0.2) is 45.2 Å². The molecule has 1 aliphatic rings. The van der Waals surface area contributed by atoms with E-state index in [0.29, 0.717) is 30.3 Å². The second-order valence-corrected chi connectivity index (χ2v) is 6.89. The van der Waals surface area contributed by atoms with Crippen LogP contribution in [0.3, 0.4) is 0 Å². The van der Waals surface area contributed by atoms with Crippen LogP contribution in [0.1, 0.15) is 32.8 Å². The van der Waals surface area contributed by atoms with Crippen LogP contribution in [0, 0.1) is 5.41 Å². The third kappa shape index (κ3) is 3.66. The minimum atomic E-state index is -0.360. The molecule has 1 heterocycles. The third-order valence-corrected chi connectivity index (χ3v) is 4.17. The number of ether oxygens (including phenoxy) is 3. The lowest BCUT2D eigenvalue weighted by molar-refractivity contribution is -0.138. The lowest BCUT2D eigenvalue weighted by Gasteiger charge is -2.32. The van der Waals surface area contributed by atoms with Crippen LogP contribution in [0.4, 0.5) is 0 Å². The first-order valence-corrected chi connectivity index (χ1v) is 8.10. The molecule has 0 N–H and O–H groups in total. The number of carbonyl (C=O) groups is 1. The van der Waals surface area contributed by atoms with E-state index in [1.807, 2.05) is 37.8 Å². The molecule has 1 aromatic carbocycles. The van der Waals surface area contributed by atoms with Gasteiger partial charge < -0.3 is 19.1 Å². The number of carbonyl (C=O) groups excluding carboxylic acids is 1. The highest BCUT2D eigenvalue weighted by molar-refractivity contribution is 5.84. The molecule has 1 aliphatic heterocycles. The highest BCUT2D eigenvalue weighted by Crippen LogP contribution is 2.41. The van der Waals surface area contributed by atoms with E-state index in [-0.39, 0.29) is 11.3 Å². The molecule has 0 saturated heterocycles. The average molecular weight is 333 g/mol. The number of amides is 1. The van der Waals surface area contributed by atoms with Crippen LogP contribution < -0.4 is 14.2 Å². The Hall–Kier alpha value is -2.17. The van der Waals surface area contributed by atoms with Gasteiger partial charge in [-0.1, -0.05) is 26.8 Å². The topological polar surface area (TPSA) is 48.0 Å². The van der Waals surface area contributed by atoms with Crippen LogP contribution in [0.5, 0.6) is 17.2 Å².